The number of hydrogen-bond donors (Lipinski definition) is 0. The molecule has 148 valence electrons. The van der Waals surface area contributed by atoms with Gasteiger partial charge in [-0.25, -0.2) is 4.98 Å². The van der Waals surface area contributed by atoms with E-state index in [4.69, 9.17) is 15.5 Å². The van der Waals surface area contributed by atoms with Crippen molar-refractivity contribution in [3.05, 3.63) is 24.3 Å². The van der Waals surface area contributed by atoms with Crippen molar-refractivity contribution in [2.75, 3.05) is 18.8 Å². The third-order valence-corrected chi connectivity index (χ3v) is 5.48. The molecule has 0 saturated carbocycles. The summed E-state index contributed by atoms with van der Waals surface area (Å²) in [5.41, 5.74) is 2.04. The van der Waals surface area contributed by atoms with Crippen LogP contribution in [0.15, 0.2) is 29.4 Å². The number of hydrogen-bond acceptors (Lipinski definition) is 5. The Hall–Kier alpha value is -2.51. The number of amides is 1. The minimum absolute atomic E-state index is 0.0555. The molecule has 0 aliphatic rings. The number of nitrogens with zero attached hydrogens (tertiary/aromatic N) is 5. The average molecular weight is 398 g/mol. The highest BCUT2D eigenvalue weighted by Crippen LogP contribution is 2.25. The maximum Gasteiger partial charge on any atom is 0.233 e. The van der Waals surface area contributed by atoms with Crippen molar-refractivity contribution in [2.45, 2.75) is 57.1 Å². The van der Waals surface area contributed by atoms with Crippen molar-refractivity contribution < 1.29 is 4.79 Å². The quantitative estimate of drug-likeness (QED) is 0.392. The molecule has 0 fully saturated rings. The molecular weight excluding hydrogens is 370 g/mol. The number of nitriles is 2. The number of aryl methyl sites for hydroxylation is 1. The van der Waals surface area contributed by atoms with Crippen LogP contribution in [0.1, 0.15) is 45.4 Å². The number of thioether (sulfide) groups is 1. The molecule has 7 heteroatoms. The van der Waals surface area contributed by atoms with Crippen LogP contribution in [0.4, 0.5) is 0 Å². The van der Waals surface area contributed by atoms with Gasteiger partial charge in [-0.15, -0.1) is 0 Å². The third kappa shape index (κ3) is 6.28. The van der Waals surface area contributed by atoms with Crippen molar-refractivity contribution in [1.29, 1.82) is 10.5 Å². The number of rotatable bonds is 12. The molecule has 0 N–H and O–H groups in total. The first-order chi connectivity index (χ1) is 13.7. The summed E-state index contributed by atoms with van der Waals surface area (Å²) in [6.45, 7) is 3.82. The van der Waals surface area contributed by atoms with Gasteiger partial charge in [0.1, 0.15) is 0 Å². The first kappa shape index (κ1) is 21.8. The Labute approximate surface area is 171 Å². The molecular formula is C21H27N5OS. The number of unbranched alkanes of at least 4 members (excludes halogenated alkanes) is 3. The zero-order valence-electron chi connectivity index (χ0n) is 16.4. The largest absolute Gasteiger partial charge is 0.340 e. The van der Waals surface area contributed by atoms with Gasteiger partial charge >= 0.3 is 0 Å². The van der Waals surface area contributed by atoms with E-state index in [1.165, 1.54) is 31.0 Å². The van der Waals surface area contributed by atoms with Crippen LogP contribution in [-0.4, -0.2) is 39.2 Å². The van der Waals surface area contributed by atoms with Crippen LogP contribution in [0.2, 0.25) is 0 Å². The van der Waals surface area contributed by atoms with Crippen molar-refractivity contribution in [3.63, 3.8) is 0 Å². The molecule has 1 amide bonds. The molecule has 2 aromatic rings. The molecule has 2 rings (SSSR count). The zero-order valence-corrected chi connectivity index (χ0v) is 17.2. The normalized spacial score (nSPS) is 10.5. The lowest BCUT2D eigenvalue weighted by Gasteiger charge is -2.20. The number of aromatic nitrogens is 2. The smallest absolute Gasteiger partial charge is 0.233 e. The fourth-order valence-electron chi connectivity index (χ4n) is 3.03. The number of imidazole rings is 1. The number of para-hydroxylation sites is 2. The third-order valence-electron chi connectivity index (χ3n) is 4.52. The molecule has 0 aliphatic carbocycles. The van der Waals surface area contributed by atoms with Crippen molar-refractivity contribution in [2.24, 2.45) is 0 Å². The molecule has 28 heavy (non-hydrogen) atoms. The lowest BCUT2D eigenvalue weighted by Crippen LogP contribution is -2.34. The molecule has 0 bridgehead atoms. The van der Waals surface area contributed by atoms with Gasteiger partial charge in [0.15, 0.2) is 5.16 Å². The van der Waals surface area contributed by atoms with Crippen LogP contribution in [-0.2, 0) is 11.3 Å². The van der Waals surface area contributed by atoms with Gasteiger partial charge < -0.3 is 9.47 Å². The van der Waals surface area contributed by atoms with E-state index in [2.05, 4.69) is 29.7 Å². The van der Waals surface area contributed by atoms with E-state index < -0.39 is 0 Å². The summed E-state index contributed by atoms with van der Waals surface area (Å²) in [4.78, 5) is 18.9. The number of carbonyl (C=O) groups excluding carboxylic acids is 1. The van der Waals surface area contributed by atoms with E-state index in [-0.39, 0.29) is 24.5 Å². The summed E-state index contributed by atoms with van der Waals surface area (Å²) in [6.07, 6.45) is 5.24. The van der Waals surface area contributed by atoms with Gasteiger partial charge in [0, 0.05) is 19.6 Å². The molecule has 0 atom stereocenters. The van der Waals surface area contributed by atoms with Gasteiger partial charge in [0.2, 0.25) is 5.91 Å². The summed E-state index contributed by atoms with van der Waals surface area (Å²) in [7, 11) is 0. The number of benzene rings is 1. The van der Waals surface area contributed by atoms with Crippen LogP contribution in [0.3, 0.4) is 0 Å². The Morgan fingerprint density at radius 1 is 1.14 bits per heavy atom. The minimum Gasteiger partial charge on any atom is -0.340 e. The molecule has 0 spiro atoms. The van der Waals surface area contributed by atoms with Gasteiger partial charge in [0.25, 0.3) is 0 Å². The van der Waals surface area contributed by atoms with Crippen molar-refractivity contribution in [3.8, 4) is 12.1 Å². The highest BCUT2D eigenvalue weighted by Gasteiger charge is 2.16. The monoisotopic (exact) mass is 397 g/mol. The highest BCUT2D eigenvalue weighted by molar-refractivity contribution is 7.99. The molecule has 1 aromatic carbocycles. The summed E-state index contributed by atoms with van der Waals surface area (Å²) >= 11 is 1.43. The maximum absolute atomic E-state index is 12.6. The average Bonchev–Trinajstić information content (AvgIpc) is 3.07. The zero-order chi connectivity index (χ0) is 20.2. The Bertz CT molecular complexity index is 831. The summed E-state index contributed by atoms with van der Waals surface area (Å²) in [6, 6.07) is 12.2. The predicted molar refractivity (Wildman–Crippen MR) is 112 cm³/mol. The molecule has 0 aliphatic heterocycles. The molecule has 1 aromatic heterocycles. The Morgan fingerprint density at radius 3 is 2.54 bits per heavy atom. The second-order valence-corrected chi connectivity index (χ2v) is 7.52. The lowest BCUT2D eigenvalue weighted by atomic mass is 10.2. The van der Waals surface area contributed by atoms with E-state index in [1.54, 1.807) is 4.90 Å². The van der Waals surface area contributed by atoms with Crippen LogP contribution in [0, 0.1) is 22.7 Å². The van der Waals surface area contributed by atoms with Gasteiger partial charge in [-0.3, -0.25) is 4.79 Å². The van der Waals surface area contributed by atoms with Crippen LogP contribution in [0.25, 0.3) is 11.0 Å². The molecule has 0 unspecified atom stereocenters. The van der Waals surface area contributed by atoms with Crippen LogP contribution in [0.5, 0.6) is 0 Å². The van der Waals surface area contributed by atoms with E-state index in [1.807, 2.05) is 18.2 Å². The minimum atomic E-state index is -0.0555. The summed E-state index contributed by atoms with van der Waals surface area (Å²) in [5.74, 6) is 0.204. The predicted octanol–water partition coefficient (Wildman–Crippen LogP) is 4.36. The Morgan fingerprint density at radius 2 is 1.86 bits per heavy atom. The second-order valence-electron chi connectivity index (χ2n) is 6.58. The maximum atomic E-state index is 12.6. The number of fused-ring (bicyclic) bond motifs is 1. The Balaban J connectivity index is 2.08. The first-order valence-electron chi connectivity index (χ1n) is 9.81. The van der Waals surface area contributed by atoms with Crippen LogP contribution >= 0.6 is 11.8 Å². The van der Waals surface area contributed by atoms with E-state index >= 15 is 0 Å². The number of carbonyl (C=O) groups is 1. The molecule has 6 nitrogen and oxygen atoms in total. The van der Waals surface area contributed by atoms with Crippen LogP contribution < -0.4 is 0 Å². The van der Waals surface area contributed by atoms with Gasteiger partial charge in [-0.1, -0.05) is 50.1 Å². The van der Waals surface area contributed by atoms with Crippen molar-refractivity contribution in [1.82, 2.24) is 14.5 Å². The topological polar surface area (TPSA) is 85.7 Å². The Kier molecular flexibility index (Phi) is 9.37. The van der Waals surface area contributed by atoms with Gasteiger partial charge in [-0.05, 0) is 18.6 Å². The second kappa shape index (κ2) is 12.0. The van der Waals surface area contributed by atoms with Crippen molar-refractivity contribution >= 4 is 28.7 Å². The molecule has 0 saturated heterocycles. The van der Waals surface area contributed by atoms with Gasteiger partial charge in [0.05, 0.1) is 41.8 Å². The van der Waals surface area contributed by atoms with E-state index in [0.29, 0.717) is 13.1 Å². The lowest BCUT2D eigenvalue weighted by molar-refractivity contribution is -0.128. The fraction of sp³-hybridized carbons (Fsp3) is 0.524. The SMILES string of the molecule is CCCCCCn1c(SCC(=O)N(CCC#N)CCC#N)nc2ccccc21. The standard InChI is InChI=1S/C21H27N5OS/c1-2-3-4-7-16-26-19-11-6-5-10-18(19)24-21(26)28-17-20(27)25(14-8-12-22)15-9-13-23/h5-6,10-11H,2-4,7-9,14-17H2,1H3. The van der Waals surface area contributed by atoms with E-state index in [9.17, 15) is 4.79 Å². The molecule has 0 radical (unpaired) electrons. The summed E-state index contributed by atoms with van der Waals surface area (Å²) in [5, 5.41) is 18.4. The van der Waals surface area contributed by atoms with E-state index in [0.717, 1.165) is 29.2 Å². The summed E-state index contributed by atoms with van der Waals surface area (Å²) < 4.78 is 2.21. The first-order valence-corrected chi connectivity index (χ1v) is 10.8. The fourth-order valence-corrected chi connectivity index (χ4v) is 3.97. The van der Waals surface area contributed by atoms with Gasteiger partial charge in [-0.2, -0.15) is 10.5 Å². The molecule has 1 heterocycles. The highest BCUT2D eigenvalue weighted by atomic mass is 32.2.